The first-order valence-corrected chi connectivity index (χ1v) is 15.8. The number of hydrogen-bond acceptors (Lipinski definition) is 7. The van der Waals surface area contributed by atoms with Gasteiger partial charge in [0.25, 0.3) is 0 Å². The first-order chi connectivity index (χ1) is 22.2. The zero-order chi connectivity index (χ0) is 34.9. The normalized spacial score (nSPS) is 18.0. The molecule has 3 rings (SSSR count). The maximum absolute atomic E-state index is 14.0. The van der Waals surface area contributed by atoms with Gasteiger partial charge in [0.15, 0.2) is 0 Å². The lowest BCUT2D eigenvalue weighted by molar-refractivity contribution is -0.145. The van der Waals surface area contributed by atoms with Crippen molar-refractivity contribution < 1.29 is 33.8 Å². The molecule has 1 aliphatic rings. The van der Waals surface area contributed by atoms with Crippen molar-refractivity contribution >= 4 is 40.6 Å². The molecule has 2 aromatic rings. The van der Waals surface area contributed by atoms with Gasteiger partial charge in [0.05, 0.1) is 6.04 Å². The number of carboxylic acids is 1. The van der Waals surface area contributed by atoms with E-state index in [2.05, 4.69) is 20.7 Å². The van der Waals surface area contributed by atoms with E-state index in [0.717, 1.165) is 15.7 Å². The molecular weight excluding hydrogens is 606 g/mol. The van der Waals surface area contributed by atoms with Crippen LogP contribution in [0.3, 0.4) is 0 Å². The van der Waals surface area contributed by atoms with Crippen LogP contribution in [0.4, 0.5) is 4.79 Å². The second-order valence-corrected chi connectivity index (χ2v) is 12.8. The van der Waals surface area contributed by atoms with Crippen molar-refractivity contribution in [3.63, 3.8) is 0 Å². The van der Waals surface area contributed by atoms with Crippen LogP contribution in [0.5, 0.6) is 0 Å². The molecule has 14 heteroatoms. The number of nitrogens with zero attached hydrogens (tertiary/aromatic N) is 5. The van der Waals surface area contributed by atoms with Crippen LogP contribution in [-0.4, -0.2) is 94.1 Å². The van der Waals surface area contributed by atoms with E-state index in [0.29, 0.717) is 18.4 Å². The Kier molecular flexibility index (Phi) is 12.6. The molecule has 1 saturated heterocycles. The molecule has 47 heavy (non-hydrogen) atoms. The van der Waals surface area contributed by atoms with Crippen LogP contribution in [0.2, 0.25) is 0 Å². The summed E-state index contributed by atoms with van der Waals surface area (Å²) >= 11 is 0. The molecule has 1 fully saturated rings. The minimum atomic E-state index is -1.33. The van der Waals surface area contributed by atoms with Crippen molar-refractivity contribution in [3.05, 3.63) is 58.5 Å². The highest BCUT2D eigenvalue weighted by molar-refractivity contribution is 5.95. The van der Waals surface area contributed by atoms with Gasteiger partial charge in [0.1, 0.15) is 29.8 Å². The maximum atomic E-state index is 14.0. The minimum absolute atomic E-state index is 0.0169. The third-order valence-corrected chi connectivity index (χ3v) is 8.09. The number of unbranched alkanes of at least 4 members (excludes halogenated alkanes) is 1. The van der Waals surface area contributed by atoms with Gasteiger partial charge in [-0.1, -0.05) is 67.3 Å². The number of rotatable bonds is 13. The van der Waals surface area contributed by atoms with Gasteiger partial charge in [-0.2, -0.15) is 0 Å². The van der Waals surface area contributed by atoms with Crippen molar-refractivity contribution in [2.75, 3.05) is 13.6 Å². The highest BCUT2D eigenvalue weighted by Gasteiger charge is 2.44. The lowest BCUT2D eigenvalue weighted by Crippen LogP contribution is -2.58. The summed E-state index contributed by atoms with van der Waals surface area (Å²) in [5.74, 6) is -3.21. The van der Waals surface area contributed by atoms with Gasteiger partial charge in [-0.3, -0.25) is 19.3 Å². The van der Waals surface area contributed by atoms with E-state index < -0.39 is 65.6 Å². The van der Waals surface area contributed by atoms with Crippen LogP contribution in [-0.2, 0) is 30.3 Å². The molecular formula is C33H45N7O7. The molecule has 0 aromatic heterocycles. The Morgan fingerprint density at radius 3 is 2.40 bits per heavy atom. The third-order valence-electron chi connectivity index (χ3n) is 8.09. The molecule has 2 aromatic carbocycles. The van der Waals surface area contributed by atoms with Crippen LogP contribution < -0.4 is 10.6 Å². The number of likely N-dealkylation sites (N-methyl/N-ethyl adjacent to an activating group) is 1. The predicted molar refractivity (Wildman–Crippen MR) is 175 cm³/mol. The number of hydrogen-bond donors (Lipinski definition) is 3. The number of carboxylic acid groups (broad SMARTS) is 1. The minimum Gasteiger partial charge on any atom is -0.480 e. The number of carbonyl (C=O) groups excluding carboxylic acids is 4. The summed E-state index contributed by atoms with van der Waals surface area (Å²) in [6, 6.07) is 7.54. The topological polar surface area (TPSA) is 194 Å². The molecule has 3 N–H and O–H groups in total. The lowest BCUT2D eigenvalue weighted by atomic mass is 10.0. The Labute approximate surface area is 274 Å². The van der Waals surface area contributed by atoms with Gasteiger partial charge >= 0.3 is 12.1 Å². The van der Waals surface area contributed by atoms with Crippen LogP contribution in [0, 0.1) is 0 Å². The highest BCUT2D eigenvalue weighted by atomic mass is 16.6. The Morgan fingerprint density at radius 2 is 1.79 bits per heavy atom. The van der Waals surface area contributed by atoms with Gasteiger partial charge in [-0.05, 0) is 62.4 Å². The molecule has 14 nitrogen and oxygen atoms in total. The number of benzene rings is 2. The summed E-state index contributed by atoms with van der Waals surface area (Å²) < 4.78 is 5.36. The summed E-state index contributed by atoms with van der Waals surface area (Å²) in [6.45, 7) is 8.60. The average molecular weight is 652 g/mol. The largest absolute Gasteiger partial charge is 0.480 e. The van der Waals surface area contributed by atoms with Gasteiger partial charge in [-0.15, -0.1) is 0 Å². The van der Waals surface area contributed by atoms with Gasteiger partial charge < -0.3 is 25.4 Å². The van der Waals surface area contributed by atoms with E-state index >= 15 is 0 Å². The monoisotopic (exact) mass is 651 g/mol. The van der Waals surface area contributed by atoms with Crippen molar-refractivity contribution in [3.8, 4) is 0 Å². The molecule has 5 atom stereocenters. The number of carbonyl (C=O) groups is 5. The molecule has 1 heterocycles. The standard InChI is InChI=1S/C33H45N7O7/c1-7-8-13-25(35-28(41)20(2)39(6)32(46)47-33(3,4)5)30(43)40-17-16-24(37-38-34)27(40)29(42)36-26(31(44)45)19-21-14-15-22-11-9-10-12-23(22)18-21/h9-12,14-15,18,20,24-27H,7-8,13,16-17,19H2,1-6H3,(H,35,41)(H,36,42)(H,44,45)/t20-,24+,25-,26-,27-/m0/s1. The van der Waals surface area contributed by atoms with E-state index in [9.17, 15) is 34.6 Å². The van der Waals surface area contributed by atoms with Gasteiger partial charge in [0.2, 0.25) is 17.7 Å². The van der Waals surface area contributed by atoms with Crippen molar-refractivity contribution in [1.29, 1.82) is 0 Å². The average Bonchev–Trinajstić information content (AvgIpc) is 3.44. The van der Waals surface area contributed by atoms with Crippen LogP contribution in [0.25, 0.3) is 21.2 Å². The SMILES string of the molecule is CCCC[C@H](NC(=O)[C@H](C)N(C)C(=O)OC(C)(C)C)C(=O)N1CC[C@@H](N=[N+]=[N-])[C@H]1C(=O)N[C@@H](Cc1ccc2ccccc2c1)C(=O)O. The third kappa shape index (κ3) is 9.82. The van der Waals surface area contributed by atoms with Gasteiger partial charge in [0, 0.05) is 24.9 Å². The summed E-state index contributed by atoms with van der Waals surface area (Å²) in [4.78, 5) is 71.0. The Balaban J connectivity index is 1.81. The molecule has 0 aliphatic carbocycles. The van der Waals surface area contributed by atoms with E-state index in [4.69, 9.17) is 4.74 Å². The molecule has 4 amide bonds. The summed E-state index contributed by atoms with van der Waals surface area (Å²) in [6.07, 6.45) is 0.986. The lowest BCUT2D eigenvalue weighted by Gasteiger charge is -2.32. The summed E-state index contributed by atoms with van der Waals surface area (Å²) in [5, 5.41) is 20.9. The second kappa shape index (κ2) is 16.1. The smallest absolute Gasteiger partial charge is 0.410 e. The van der Waals surface area contributed by atoms with E-state index in [1.54, 1.807) is 26.8 Å². The fourth-order valence-electron chi connectivity index (χ4n) is 5.41. The van der Waals surface area contributed by atoms with E-state index in [1.807, 2.05) is 43.3 Å². The molecule has 0 saturated carbocycles. The molecule has 0 spiro atoms. The summed E-state index contributed by atoms with van der Waals surface area (Å²) in [5.41, 5.74) is 9.12. The number of ether oxygens (including phenoxy) is 1. The number of amides is 4. The zero-order valence-electron chi connectivity index (χ0n) is 27.8. The highest BCUT2D eigenvalue weighted by Crippen LogP contribution is 2.25. The summed E-state index contributed by atoms with van der Waals surface area (Å²) in [7, 11) is 1.42. The molecule has 0 bridgehead atoms. The number of azide groups is 1. The number of aliphatic carboxylic acids is 1. The molecule has 254 valence electrons. The Morgan fingerprint density at radius 1 is 1.11 bits per heavy atom. The number of fused-ring (bicyclic) bond motifs is 1. The first kappa shape index (κ1) is 36.6. The molecule has 1 aliphatic heterocycles. The Hall–Kier alpha value is -4.84. The predicted octanol–water partition coefficient (Wildman–Crippen LogP) is 4.16. The Bertz CT molecular complexity index is 1520. The fraction of sp³-hybridized carbons (Fsp3) is 0.545. The second-order valence-electron chi connectivity index (χ2n) is 12.8. The van der Waals surface area contributed by atoms with Crippen LogP contribution in [0.1, 0.15) is 65.9 Å². The zero-order valence-corrected chi connectivity index (χ0v) is 27.8. The first-order valence-electron chi connectivity index (χ1n) is 15.8. The molecule has 0 unspecified atom stereocenters. The van der Waals surface area contributed by atoms with E-state index in [-0.39, 0.29) is 25.8 Å². The van der Waals surface area contributed by atoms with Crippen molar-refractivity contribution in [2.24, 2.45) is 5.11 Å². The van der Waals surface area contributed by atoms with Crippen LogP contribution in [0.15, 0.2) is 47.6 Å². The van der Waals surface area contributed by atoms with Crippen LogP contribution >= 0.6 is 0 Å². The maximum Gasteiger partial charge on any atom is 0.410 e. The number of nitrogens with one attached hydrogen (secondary N) is 2. The molecule has 0 radical (unpaired) electrons. The fourth-order valence-corrected chi connectivity index (χ4v) is 5.41. The van der Waals surface area contributed by atoms with Gasteiger partial charge in [-0.25, -0.2) is 9.59 Å². The van der Waals surface area contributed by atoms with E-state index in [1.165, 1.54) is 18.9 Å². The van der Waals surface area contributed by atoms with Crippen molar-refractivity contribution in [2.45, 2.75) is 103 Å². The quantitative estimate of drug-likeness (QED) is 0.164. The number of likely N-dealkylation sites (tertiary alicyclic amines) is 1. The van der Waals surface area contributed by atoms with Crippen molar-refractivity contribution in [1.82, 2.24) is 20.4 Å².